The topological polar surface area (TPSA) is 40.6 Å². The summed E-state index contributed by atoms with van der Waals surface area (Å²) in [5, 5.41) is 0. The van der Waals surface area contributed by atoms with Crippen LogP contribution in [0.4, 0.5) is 0 Å². The highest BCUT2D eigenvalue weighted by Gasteiger charge is 2.31. The first kappa shape index (κ1) is 24.2. The van der Waals surface area contributed by atoms with Crippen LogP contribution in [0.15, 0.2) is 24.3 Å². The fourth-order valence-corrected chi connectivity index (χ4v) is 3.59. The Kier molecular flexibility index (Phi) is 9.71. The van der Waals surface area contributed by atoms with Crippen LogP contribution >= 0.6 is 0 Å². The van der Waals surface area contributed by atoms with E-state index in [1.165, 1.54) is 0 Å². The number of hydrogen-bond donors (Lipinski definition) is 0. The van der Waals surface area contributed by atoms with Crippen LogP contribution in [-0.2, 0) is 0 Å². The monoisotopic (exact) mass is 388 g/mol. The second-order valence-corrected chi connectivity index (χ2v) is 8.00. The summed E-state index contributed by atoms with van der Waals surface area (Å²) in [6.07, 6.45) is 3.55. The fraction of sp³-hybridized carbons (Fsp3) is 0.667. The van der Waals surface area contributed by atoms with Gasteiger partial charge in [-0.1, -0.05) is 39.8 Å². The van der Waals surface area contributed by atoms with Crippen molar-refractivity contribution in [3.8, 4) is 0 Å². The molecule has 0 aliphatic carbocycles. The summed E-state index contributed by atoms with van der Waals surface area (Å²) in [6, 6.07) is 7.84. The minimum atomic E-state index is -0.0408. The van der Waals surface area contributed by atoms with E-state index >= 15 is 0 Å². The van der Waals surface area contributed by atoms with Crippen LogP contribution in [0.5, 0.6) is 0 Å². The van der Waals surface area contributed by atoms with Crippen molar-refractivity contribution in [1.82, 2.24) is 9.80 Å². The molecule has 0 bridgehead atoms. The zero-order valence-electron chi connectivity index (χ0n) is 19.2. The Bertz CT molecular complexity index is 568. The quantitative estimate of drug-likeness (QED) is 0.511. The van der Waals surface area contributed by atoms with Gasteiger partial charge in [-0.05, 0) is 65.5 Å². The lowest BCUT2D eigenvalue weighted by Gasteiger charge is -2.36. The highest BCUT2D eigenvalue weighted by molar-refractivity contribution is 6.07. The molecule has 4 nitrogen and oxygen atoms in total. The molecule has 0 aliphatic rings. The predicted molar refractivity (Wildman–Crippen MR) is 118 cm³/mol. The summed E-state index contributed by atoms with van der Waals surface area (Å²) in [5.74, 6) is -0.0817. The molecule has 0 N–H and O–H groups in total. The number of carbonyl (C=O) groups is 2. The summed E-state index contributed by atoms with van der Waals surface area (Å²) in [5.41, 5.74) is 1.04. The molecule has 0 saturated heterocycles. The van der Waals surface area contributed by atoms with Gasteiger partial charge in [0.05, 0.1) is 11.1 Å². The van der Waals surface area contributed by atoms with Gasteiger partial charge in [-0.2, -0.15) is 0 Å². The van der Waals surface area contributed by atoms with Crippen molar-refractivity contribution < 1.29 is 9.59 Å². The van der Waals surface area contributed by atoms with Crippen LogP contribution in [0, 0.1) is 0 Å². The average molecular weight is 389 g/mol. The molecule has 1 rings (SSSR count). The standard InChI is InChI=1S/C24H40N2O2/c1-9-17(5)25(18(6)10-2)23(27)21-15-13-14-16-22(21)24(28)26(19(7)11-3)20(8)12-4/h13-20H,9-12H2,1-8H3/t17-,18-,19-,20+/m1/s1. The maximum absolute atomic E-state index is 13.5. The third-order valence-electron chi connectivity index (χ3n) is 6.12. The summed E-state index contributed by atoms with van der Waals surface area (Å²) in [6.45, 7) is 16.7. The second kappa shape index (κ2) is 11.2. The van der Waals surface area contributed by atoms with E-state index in [0.29, 0.717) is 11.1 Å². The van der Waals surface area contributed by atoms with Gasteiger partial charge in [-0.25, -0.2) is 0 Å². The smallest absolute Gasteiger partial charge is 0.255 e. The molecule has 2 amide bonds. The molecule has 0 unspecified atom stereocenters. The van der Waals surface area contributed by atoms with Crippen molar-refractivity contribution in [2.45, 2.75) is 105 Å². The van der Waals surface area contributed by atoms with Crippen LogP contribution in [0.3, 0.4) is 0 Å². The Morgan fingerprint density at radius 2 is 0.893 bits per heavy atom. The van der Waals surface area contributed by atoms with Crippen molar-refractivity contribution in [2.75, 3.05) is 0 Å². The summed E-state index contributed by atoms with van der Waals surface area (Å²) >= 11 is 0. The van der Waals surface area contributed by atoms with E-state index in [2.05, 4.69) is 55.4 Å². The molecule has 28 heavy (non-hydrogen) atoms. The normalized spacial score (nSPS) is 15.4. The van der Waals surface area contributed by atoms with Crippen LogP contribution in [0.2, 0.25) is 0 Å². The predicted octanol–water partition coefficient (Wildman–Crippen LogP) is 5.77. The second-order valence-electron chi connectivity index (χ2n) is 8.00. The number of amides is 2. The Labute approximate surface area is 172 Å². The van der Waals surface area contributed by atoms with E-state index in [0.717, 1.165) is 25.7 Å². The first-order chi connectivity index (χ1) is 13.2. The summed E-state index contributed by atoms with van der Waals surface area (Å²) < 4.78 is 0. The molecule has 1 aromatic carbocycles. The minimum absolute atomic E-state index is 0.0408. The van der Waals surface area contributed by atoms with Gasteiger partial charge in [0.15, 0.2) is 0 Å². The lowest BCUT2D eigenvalue weighted by Crippen LogP contribution is -2.47. The fourth-order valence-electron chi connectivity index (χ4n) is 3.59. The molecule has 0 heterocycles. The van der Waals surface area contributed by atoms with Gasteiger partial charge in [0.1, 0.15) is 0 Å². The van der Waals surface area contributed by atoms with E-state index in [1.54, 1.807) is 12.1 Å². The van der Waals surface area contributed by atoms with Crippen molar-refractivity contribution in [3.05, 3.63) is 35.4 Å². The number of hydrogen-bond acceptors (Lipinski definition) is 2. The molecule has 0 aliphatic heterocycles. The van der Waals surface area contributed by atoms with Gasteiger partial charge < -0.3 is 9.80 Å². The van der Waals surface area contributed by atoms with Crippen LogP contribution < -0.4 is 0 Å². The molecule has 0 aromatic heterocycles. The van der Waals surface area contributed by atoms with Crippen molar-refractivity contribution >= 4 is 11.8 Å². The minimum Gasteiger partial charge on any atom is -0.333 e. The van der Waals surface area contributed by atoms with E-state index in [-0.39, 0.29) is 36.0 Å². The first-order valence-electron chi connectivity index (χ1n) is 11.0. The largest absolute Gasteiger partial charge is 0.333 e. The number of rotatable bonds is 10. The molecule has 0 saturated carbocycles. The average Bonchev–Trinajstić information content (AvgIpc) is 2.72. The molecular weight excluding hydrogens is 348 g/mol. The molecule has 158 valence electrons. The van der Waals surface area contributed by atoms with Gasteiger partial charge >= 0.3 is 0 Å². The van der Waals surface area contributed by atoms with Crippen molar-refractivity contribution in [1.29, 1.82) is 0 Å². The highest BCUT2D eigenvalue weighted by Crippen LogP contribution is 2.23. The first-order valence-corrected chi connectivity index (χ1v) is 11.0. The van der Waals surface area contributed by atoms with E-state index < -0.39 is 0 Å². The maximum atomic E-state index is 13.5. The van der Waals surface area contributed by atoms with Gasteiger partial charge in [0.2, 0.25) is 0 Å². The molecule has 0 fully saturated rings. The van der Waals surface area contributed by atoms with Gasteiger partial charge in [0.25, 0.3) is 11.8 Å². The summed E-state index contributed by atoms with van der Waals surface area (Å²) in [4.78, 5) is 30.9. The van der Waals surface area contributed by atoms with Crippen LogP contribution in [0.25, 0.3) is 0 Å². The lowest BCUT2D eigenvalue weighted by molar-refractivity contribution is 0.0556. The Hall–Kier alpha value is -1.84. The van der Waals surface area contributed by atoms with Gasteiger partial charge in [-0.15, -0.1) is 0 Å². The van der Waals surface area contributed by atoms with E-state index in [1.807, 2.05) is 21.9 Å². The Morgan fingerprint density at radius 3 is 1.11 bits per heavy atom. The number of benzene rings is 1. The number of carbonyl (C=O) groups excluding carboxylic acids is 2. The lowest BCUT2D eigenvalue weighted by atomic mass is 10.00. The molecule has 1 aromatic rings. The maximum Gasteiger partial charge on any atom is 0.255 e. The zero-order valence-corrected chi connectivity index (χ0v) is 19.2. The SMILES string of the molecule is CC[C@@H](C)N(C(=O)c1ccccc1C(=O)N([C@H](C)CC)[C@@H](C)CC)[C@H](C)CC. The van der Waals surface area contributed by atoms with Gasteiger partial charge in [0, 0.05) is 24.2 Å². The van der Waals surface area contributed by atoms with Crippen LogP contribution in [-0.4, -0.2) is 45.8 Å². The highest BCUT2D eigenvalue weighted by atomic mass is 16.2. The Morgan fingerprint density at radius 1 is 0.643 bits per heavy atom. The molecule has 4 atom stereocenters. The van der Waals surface area contributed by atoms with E-state index in [9.17, 15) is 9.59 Å². The zero-order chi connectivity index (χ0) is 21.4. The molecular formula is C24H40N2O2. The van der Waals surface area contributed by atoms with E-state index in [4.69, 9.17) is 0 Å². The molecule has 0 radical (unpaired) electrons. The summed E-state index contributed by atoms with van der Waals surface area (Å²) in [7, 11) is 0. The number of nitrogens with zero attached hydrogens (tertiary/aromatic N) is 2. The van der Waals surface area contributed by atoms with Crippen LogP contribution in [0.1, 0.15) is 102 Å². The Balaban J connectivity index is 3.42. The van der Waals surface area contributed by atoms with Crippen molar-refractivity contribution in [3.63, 3.8) is 0 Å². The molecule has 4 heteroatoms. The van der Waals surface area contributed by atoms with Gasteiger partial charge in [-0.3, -0.25) is 9.59 Å². The molecule has 0 spiro atoms. The third-order valence-corrected chi connectivity index (χ3v) is 6.12. The third kappa shape index (κ3) is 5.36. The van der Waals surface area contributed by atoms with Crippen molar-refractivity contribution in [2.24, 2.45) is 0 Å².